The van der Waals surface area contributed by atoms with Crippen LogP contribution >= 0.6 is 11.3 Å². The first-order valence-electron chi connectivity index (χ1n) is 11.0. The Hall–Kier alpha value is -3.19. The fraction of sp³-hybridized carbons (Fsp3) is 0.320. The average Bonchev–Trinajstić information content (AvgIpc) is 3.36. The molecule has 2 amide bonds. The minimum Gasteiger partial charge on any atom is -0.491 e. The molecular formula is C25H25N3O3S. The number of amides is 2. The van der Waals surface area contributed by atoms with Crippen molar-refractivity contribution in [2.75, 3.05) is 25.0 Å². The molecule has 0 bridgehead atoms. The minimum absolute atomic E-state index is 0.00637. The summed E-state index contributed by atoms with van der Waals surface area (Å²) in [5.41, 5.74) is 2.67. The number of hydrogen-bond acceptors (Lipinski definition) is 5. The van der Waals surface area contributed by atoms with E-state index in [0.717, 1.165) is 28.8 Å². The number of fused-ring (bicyclic) bond motifs is 2. The van der Waals surface area contributed by atoms with Crippen LogP contribution < -0.4 is 10.1 Å². The van der Waals surface area contributed by atoms with Crippen LogP contribution in [0.1, 0.15) is 28.9 Å². The average molecular weight is 448 g/mol. The van der Waals surface area contributed by atoms with E-state index in [1.807, 2.05) is 52.7 Å². The molecule has 4 heterocycles. The third kappa shape index (κ3) is 4.39. The third-order valence-electron chi connectivity index (χ3n) is 6.35. The number of ether oxygens (including phenoxy) is 1. The highest BCUT2D eigenvalue weighted by Crippen LogP contribution is 2.35. The second-order valence-corrected chi connectivity index (χ2v) is 9.33. The van der Waals surface area contributed by atoms with Gasteiger partial charge in [-0.15, -0.1) is 11.3 Å². The summed E-state index contributed by atoms with van der Waals surface area (Å²) >= 11 is 1.48. The van der Waals surface area contributed by atoms with Crippen LogP contribution in [0.5, 0.6) is 5.75 Å². The van der Waals surface area contributed by atoms with Gasteiger partial charge in [0, 0.05) is 37.5 Å². The molecule has 0 aliphatic carbocycles. The van der Waals surface area contributed by atoms with Gasteiger partial charge in [-0.2, -0.15) is 0 Å². The monoisotopic (exact) mass is 447 g/mol. The number of benzene rings is 1. The molecule has 6 nitrogen and oxygen atoms in total. The van der Waals surface area contributed by atoms with Gasteiger partial charge in [0.1, 0.15) is 5.75 Å². The Bertz CT molecular complexity index is 1100. The Morgan fingerprint density at radius 2 is 2.06 bits per heavy atom. The predicted molar refractivity (Wildman–Crippen MR) is 125 cm³/mol. The van der Waals surface area contributed by atoms with E-state index >= 15 is 0 Å². The summed E-state index contributed by atoms with van der Waals surface area (Å²) in [5, 5.41) is 5.00. The molecule has 2 atom stereocenters. The Morgan fingerprint density at radius 3 is 2.88 bits per heavy atom. The number of nitrogens with zero attached hydrogens (tertiary/aromatic N) is 2. The Kier molecular flexibility index (Phi) is 5.90. The van der Waals surface area contributed by atoms with E-state index < -0.39 is 0 Å². The van der Waals surface area contributed by atoms with Gasteiger partial charge in [0.25, 0.3) is 5.91 Å². The SMILES string of the molecule is O=C1C[C@@H]2CCN(C(=O)c3cccs3)C[C@@H]2CCOc2ccc(-c3cccnc3)cc2N1. The molecule has 0 saturated carbocycles. The van der Waals surface area contributed by atoms with Crippen molar-refractivity contribution < 1.29 is 14.3 Å². The Balaban J connectivity index is 1.33. The van der Waals surface area contributed by atoms with Crippen LogP contribution in [0.3, 0.4) is 0 Å². The van der Waals surface area contributed by atoms with Gasteiger partial charge in [-0.1, -0.05) is 18.2 Å². The van der Waals surface area contributed by atoms with E-state index in [2.05, 4.69) is 10.3 Å². The quantitative estimate of drug-likeness (QED) is 0.618. The van der Waals surface area contributed by atoms with Crippen molar-refractivity contribution >= 4 is 28.8 Å². The molecular weight excluding hydrogens is 422 g/mol. The van der Waals surface area contributed by atoms with Crippen LogP contribution in [0.25, 0.3) is 11.1 Å². The maximum atomic E-state index is 12.9. The molecule has 2 aliphatic rings. The Labute approximate surface area is 191 Å². The molecule has 7 heteroatoms. The van der Waals surface area contributed by atoms with Crippen molar-refractivity contribution in [3.8, 4) is 16.9 Å². The number of hydrogen-bond donors (Lipinski definition) is 1. The molecule has 1 aromatic carbocycles. The van der Waals surface area contributed by atoms with E-state index in [1.165, 1.54) is 11.3 Å². The maximum Gasteiger partial charge on any atom is 0.263 e. The van der Waals surface area contributed by atoms with Crippen molar-refractivity contribution in [1.29, 1.82) is 0 Å². The highest BCUT2D eigenvalue weighted by molar-refractivity contribution is 7.12. The number of aromatic nitrogens is 1. The summed E-state index contributed by atoms with van der Waals surface area (Å²) < 4.78 is 6.09. The third-order valence-corrected chi connectivity index (χ3v) is 7.21. The lowest BCUT2D eigenvalue weighted by atomic mass is 9.81. The highest BCUT2D eigenvalue weighted by Gasteiger charge is 2.34. The number of carbonyl (C=O) groups excluding carboxylic acids is 2. The van der Waals surface area contributed by atoms with E-state index in [0.29, 0.717) is 37.6 Å². The molecule has 164 valence electrons. The standard InChI is InChI=1S/C25H25N3O3S/c29-24-14-18-7-10-28(25(30)23-4-2-12-32-23)16-20(18)8-11-31-22-6-5-17(13-21(22)27-24)19-3-1-9-26-15-19/h1-6,9,12-13,15,18,20H,7-8,10-11,14,16H2,(H,27,29)/t18-,20-/m0/s1. The summed E-state index contributed by atoms with van der Waals surface area (Å²) in [7, 11) is 0. The minimum atomic E-state index is -0.00637. The van der Waals surface area contributed by atoms with Crippen molar-refractivity contribution in [2.24, 2.45) is 11.8 Å². The van der Waals surface area contributed by atoms with E-state index in [4.69, 9.17) is 4.74 Å². The van der Waals surface area contributed by atoms with E-state index in [1.54, 1.807) is 12.4 Å². The van der Waals surface area contributed by atoms with Crippen molar-refractivity contribution in [3.63, 3.8) is 0 Å². The van der Waals surface area contributed by atoms with Crippen LogP contribution in [0, 0.1) is 11.8 Å². The molecule has 0 spiro atoms. The van der Waals surface area contributed by atoms with Crippen molar-refractivity contribution in [2.45, 2.75) is 19.3 Å². The molecule has 5 rings (SSSR count). The normalized spacial score (nSPS) is 21.0. The number of piperidine rings is 1. The molecule has 2 aliphatic heterocycles. The van der Waals surface area contributed by atoms with E-state index in [-0.39, 0.29) is 23.7 Å². The van der Waals surface area contributed by atoms with Gasteiger partial charge in [-0.3, -0.25) is 14.6 Å². The summed E-state index contributed by atoms with van der Waals surface area (Å²) in [4.78, 5) is 32.6. The predicted octanol–water partition coefficient (Wildman–Crippen LogP) is 4.70. The van der Waals surface area contributed by atoms with Crippen molar-refractivity contribution in [3.05, 3.63) is 65.1 Å². The number of carbonyl (C=O) groups is 2. The van der Waals surface area contributed by atoms with E-state index in [9.17, 15) is 9.59 Å². The fourth-order valence-electron chi connectivity index (χ4n) is 4.64. The zero-order chi connectivity index (χ0) is 21.9. The van der Waals surface area contributed by atoms with Crippen LogP contribution in [0.4, 0.5) is 5.69 Å². The fourth-order valence-corrected chi connectivity index (χ4v) is 5.33. The number of thiophene rings is 1. The molecule has 3 aromatic rings. The summed E-state index contributed by atoms with van der Waals surface area (Å²) in [6.45, 7) is 1.91. The lowest BCUT2D eigenvalue weighted by Gasteiger charge is -2.38. The molecule has 2 aromatic heterocycles. The largest absolute Gasteiger partial charge is 0.491 e. The molecule has 0 radical (unpaired) electrons. The maximum absolute atomic E-state index is 12.9. The highest BCUT2D eigenvalue weighted by atomic mass is 32.1. The zero-order valence-corrected chi connectivity index (χ0v) is 18.5. The van der Waals surface area contributed by atoms with Gasteiger partial charge in [0.15, 0.2) is 0 Å². The van der Waals surface area contributed by atoms with Gasteiger partial charge < -0.3 is 15.0 Å². The Morgan fingerprint density at radius 1 is 1.12 bits per heavy atom. The second kappa shape index (κ2) is 9.12. The van der Waals surface area contributed by atoms with Gasteiger partial charge in [-0.25, -0.2) is 0 Å². The van der Waals surface area contributed by atoms with Crippen LogP contribution in [-0.2, 0) is 4.79 Å². The summed E-state index contributed by atoms with van der Waals surface area (Å²) in [6.07, 6.45) is 5.65. The summed E-state index contributed by atoms with van der Waals surface area (Å²) in [5.74, 6) is 1.25. The number of anilines is 1. The first-order valence-corrected chi connectivity index (χ1v) is 11.9. The van der Waals surface area contributed by atoms with Crippen LogP contribution in [0.2, 0.25) is 0 Å². The zero-order valence-electron chi connectivity index (χ0n) is 17.7. The first kappa shape index (κ1) is 20.7. The van der Waals surface area contributed by atoms with Crippen LogP contribution in [-0.4, -0.2) is 41.4 Å². The van der Waals surface area contributed by atoms with Crippen molar-refractivity contribution in [1.82, 2.24) is 9.88 Å². The molecule has 32 heavy (non-hydrogen) atoms. The number of nitrogens with one attached hydrogen (secondary N) is 1. The van der Waals surface area contributed by atoms with Crippen LogP contribution in [0.15, 0.2) is 60.2 Å². The lowest BCUT2D eigenvalue weighted by molar-refractivity contribution is -0.118. The molecule has 1 N–H and O–H groups in total. The molecule has 1 fully saturated rings. The number of pyridine rings is 1. The van der Waals surface area contributed by atoms with Gasteiger partial charge in [0.2, 0.25) is 5.91 Å². The number of likely N-dealkylation sites (tertiary alicyclic amines) is 1. The summed E-state index contributed by atoms with van der Waals surface area (Å²) in [6, 6.07) is 13.5. The van der Waals surface area contributed by atoms with Gasteiger partial charge in [0.05, 0.1) is 17.2 Å². The van der Waals surface area contributed by atoms with Gasteiger partial charge >= 0.3 is 0 Å². The second-order valence-electron chi connectivity index (χ2n) is 8.38. The number of rotatable bonds is 2. The molecule has 0 unspecified atom stereocenters. The topological polar surface area (TPSA) is 71.5 Å². The van der Waals surface area contributed by atoms with Gasteiger partial charge in [-0.05, 0) is 59.9 Å². The molecule has 1 saturated heterocycles. The lowest BCUT2D eigenvalue weighted by Crippen LogP contribution is -2.45. The smallest absolute Gasteiger partial charge is 0.263 e. The first-order chi connectivity index (χ1) is 15.7.